The molecule has 6 nitrogen and oxygen atoms in total. The lowest BCUT2D eigenvalue weighted by molar-refractivity contribution is -0.147. The Hall–Kier alpha value is -0.690. The van der Waals surface area contributed by atoms with Gasteiger partial charge in [-0.25, -0.2) is 0 Å². The Morgan fingerprint density at radius 2 is 1.33 bits per heavy atom. The first-order valence-corrected chi connectivity index (χ1v) is 7.46. The number of carbonyl (C=O) groups is 1. The van der Waals surface area contributed by atoms with Crippen LogP contribution < -0.4 is 0 Å². The molecule has 0 amide bonds. The molecule has 21 heavy (non-hydrogen) atoms. The van der Waals surface area contributed by atoms with Gasteiger partial charge < -0.3 is 24.1 Å². The van der Waals surface area contributed by atoms with E-state index in [1.807, 2.05) is 0 Å². The van der Waals surface area contributed by atoms with Gasteiger partial charge in [0.05, 0.1) is 45.1 Å². The third-order valence-corrected chi connectivity index (χ3v) is 3.10. The van der Waals surface area contributed by atoms with Gasteiger partial charge >= 0.3 is 5.97 Å². The van der Waals surface area contributed by atoms with Gasteiger partial charge in [0.25, 0.3) is 0 Å². The molecular weight excluding hydrogens is 276 g/mol. The summed E-state index contributed by atoms with van der Waals surface area (Å²) in [6.45, 7) is 7.55. The lowest BCUT2D eigenvalue weighted by Crippen LogP contribution is -2.23. The van der Waals surface area contributed by atoms with E-state index < -0.39 is 11.4 Å². The van der Waals surface area contributed by atoms with E-state index in [1.165, 1.54) is 0 Å². The van der Waals surface area contributed by atoms with Crippen molar-refractivity contribution in [3.05, 3.63) is 0 Å². The fraction of sp³-hybridized carbons (Fsp3) is 0.933. The first-order chi connectivity index (χ1) is 10.0. The predicted octanol–water partition coefficient (Wildman–Crippen LogP) is 1.96. The van der Waals surface area contributed by atoms with E-state index in [0.29, 0.717) is 52.7 Å². The summed E-state index contributed by atoms with van der Waals surface area (Å²) in [6.07, 6.45) is 2.39. The van der Waals surface area contributed by atoms with Crippen molar-refractivity contribution in [1.82, 2.24) is 0 Å². The van der Waals surface area contributed by atoms with Gasteiger partial charge in [-0.05, 0) is 26.7 Å². The molecule has 1 N–H and O–H groups in total. The molecule has 0 heterocycles. The molecule has 0 saturated carbocycles. The molecule has 0 aliphatic rings. The fourth-order valence-electron chi connectivity index (χ4n) is 1.56. The molecule has 0 rings (SSSR count). The van der Waals surface area contributed by atoms with Gasteiger partial charge in [-0.3, -0.25) is 4.79 Å². The standard InChI is InChI=1S/C15H30O6/c1-15(2,14(16)17)6-4-5-7-19-10-11-21-13-12-20-9-8-18-3/h4-13H2,1-3H3,(H,16,17). The van der Waals surface area contributed by atoms with Crippen LogP contribution in [0.3, 0.4) is 0 Å². The van der Waals surface area contributed by atoms with Crippen LogP contribution >= 0.6 is 0 Å². The second-order valence-corrected chi connectivity index (χ2v) is 5.48. The van der Waals surface area contributed by atoms with Crippen molar-refractivity contribution in [2.75, 3.05) is 53.4 Å². The normalized spacial score (nSPS) is 11.8. The van der Waals surface area contributed by atoms with Crippen molar-refractivity contribution in [1.29, 1.82) is 0 Å². The highest BCUT2D eigenvalue weighted by Gasteiger charge is 2.25. The first-order valence-electron chi connectivity index (χ1n) is 7.46. The molecule has 0 bridgehead atoms. The van der Waals surface area contributed by atoms with Gasteiger partial charge in [-0.15, -0.1) is 0 Å². The predicted molar refractivity (Wildman–Crippen MR) is 79.6 cm³/mol. The third kappa shape index (κ3) is 12.7. The lowest BCUT2D eigenvalue weighted by Gasteiger charge is -2.18. The Balaban J connectivity index is 3.18. The number of carboxylic acids is 1. The van der Waals surface area contributed by atoms with E-state index in [1.54, 1.807) is 21.0 Å². The van der Waals surface area contributed by atoms with E-state index in [-0.39, 0.29) is 0 Å². The molecule has 0 aromatic carbocycles. The Bertz CT molecular complexity index is 255. The number of ether oxygens (including phenoxy) is 4. The second kappa shape index (κ2) is 13.0. The summed E-state index contributed by atoms with van der Waals surface area (Å²) in [4.78, 5) is 10.9. The number of hydrogen-bond donors (Lipinski definition) is 1. The van der Waals surface area contributed by atoms with E-state index in [0.717, 1.165) is 12.8 Å². The number of unbranched alkanes of at least 4 members (excludes halogenated alkanes) is 1. The summed E-state index contributed by atoms with van der Waals surface area (Å²) in [5.74, 6) is -0.746. The summed E-state index contributed by atoms with van der Waals surface area (Å²) in [5, 5.41) is 8.97. The Morgan fingerprint density at radius 1 is 0.857 bits per heavy atom. The first kappa shape index (κ1) is 20.3. The van der Waals surface area contributed by atoms with Crippen molar-refractivity contribution in [2.45, 2.75) is 33.1 Å². The Kier molecular flexibility index (Phi) is 12.6. The third-order valence-electron chi connectivity index (χ3n) is 3.10. The maximum absolute atomic E-state index is 10.9. The molecule has 0 aromatic rings. The SMILES string of the molecule is COCCOCCOCCOCCCCC(C)(C)C(=O)O. The van der Waals surface area contributed by atoms with Crippen LogP contribution in [0.5, 0.6) is 0 Å². The number of rotatable bonds is 15. The topological polar surface area (TPSA) is 74.2 Å². The number of methoxy groups -OCH3 is 1. The zero-order valence-corrected chi connectivity index (χ0v) is 13.6. The number of hydrogen-bond acceptors (Lipinski definition) is 5. The molecule has 0 saturated heterocycles. The molecule has 6 heteroatoms. The van der Waals surface area contributed by atoms with Crippen LogP contribution in [-0.2, 0) is 23.7 Å². The quantitative estimate of drug-likeness (QED) is 0.466. The highest BCUT2D eigenvalue weighted by Crippen LogP contribution is 2.23. The zero-order valence-electron chi connectivity index (χ0n) is 13.6. The maximum Gasteiger partial charge on any atom is 0.309 e. The lowest BCUT2D eigenvalue weighted by atomic mass is 9.87. The molecule has 0 unspecified atom stereocenters. The fourth-order valence-corrected chi connectivity index (χ4v) is 1.56. The molecular formula is C15H30O6. The molecule has 126 valence electrons. The summed E-state index contributed by atoms with van der Waals surface area (Å²) in [7, 11) is 1.64. The summed E-state index contributed by atoms with van der Waals surface area (Å²) < 4.78 is 20.9. The highest BCUT2D eigenvalue weighted by atomic mass is 16.6. The smallest absolute Gasteiger partial charge is 0.309 e. The molecule has 0 aromatic heterocycles. The number of carboxylic acid groups (broad SMARTS) is 1. The summed E-state index contributed by atoms with van der Waals surface area (Å²) >= 11 is 0. The van der Waals surface area contributed by atoms with Gasteiger partial charge in [-0.1, -0.05) is 6.42 Å². The van der Waals surface area contributed by atoms with Crippen LogP contribution in [-0.4, -0.2) is 64.4 Å². The van der Waals surface area contributed by atoms with Crippen LogP contribution in [0.1, 0.15) is 33.1 Å². The second-order valence-electron chi connectivity index (χ2n) is 5.48. The zero-order chi connectivity index (χ0) is 16.0. The van der Waals surface area contributed by atoms with Gasteiger partial charge in [0.1, 0.15) is 0 Å². The maximum atomic E-state index is 10.9. The molecule has 0 spiro atoms. The molecule has 0 radical (unpaired) electrons. The van der Waals surface area contributed by atoms with Gasteiger partial charge in [0, 0.05) is 13.7 Å². The monoisotopic (exact) mass is 306 g/mol. The van der Waals surface area contributed by atoms with E-state index in [4.69, 9.17) is 24.1 Å². The van der Waals surface area contributed by atoms with Crippen LogP contribution in [0, 0.1) is 5.41 Å². The van der Waals surface area contributed by atoms with Gasteiger partial charge in [0.15, 0.2) is 0 Å². The van der Waals surface area contributed by atoms with Gasteiger partial charge in [-0.2, -0.15) is 0 Å². The Labute approximate surface area is 127 Å². The highest BCUT2D eigenvalue weighted by molar-refractivity contribution is 5.73. The summed E-state index contributed by atoms with van der Waals surface area (Å²) in [5.41, 5.74) is -0.647. The summed E-state index contributed by atoms with van der Waals surface area (Å²) in [6, 6.07) is 0. The van der Waals surface area contributed by atoms with Crippen molar-refractivity contribution in [2.24, 2.45) is 5.41 Å². The van der Waals surface area contributed by atoms with Crippen molar-refractivity contribution in [3.8, 4) is 0 Å². The van der Waals surface area contributed by atoms with Gasteiger partial charge in [0.2, 0.25) is 0 Å². The molecule has 0 aliphatic heterocycles. The number of aliphatic carboxylic acids is 1. The van der Waals surface area contributed by atoms with Crippen LogP contribution in [0.15, 0.2) is 0 Å². The van der Waals surface area contributed by atoms with E-state index in [2.05, 4.69) is 0 Å². The van der Waals surface area contributed by atoms with Crippen LogP contribution in [0.4, 0.5) is 0 Å². The van der Waals surface area contributed by atoms with Crippen molar-refractivity contribution < 1.29 is 28.8 Å². The minimum absolute atomic E-state index is 0.550. The van der Waals surface area contributed by atoms with Crippen molar-refractivity contribution >= 4 is 5.97 Å². The molecule has 0 fully saturated rings. The molecule has 0 aliphatic carbocycles. The molecule has 0 atom stereocenters. The average Bonchev–Trinajstić information content (AvgIpc) is 2.43. The van der Waals surface area contributed by atoms with Crippen LogP contribution in [0.25, 0.3) is 0 Å². The minimum atomic E-state index is -0.746. The van der Waals surface area contributed by atoms with E-state index >= 15 is 0 Å². The largest absolute Gasteiger partial charge is 0.481 e. The average molecular weight is 306 g/mol. The Morgan fingerprint density at radius 3 is 1.81 bits per heavy atom. The van der Waals surface area contributed by atoms with E-state index in [9.17, 15) is 4.79 Å². The van der Waals surface area contributed by atoms with Crippen LogP contribution in [0.2, 0.25) is 0 Å². The minimum Gasteiger partial charge on any atom is -0.481 e. The van der Waals surface area contributed by atoms with Crippen molar-refractivity contribution in [3.63, 3.8) is 0 Å².